The Morgan fingerprint density at radius 2 is 1.09 bits per heavy atom. The van der Waals surface area contributed by atoms with E-state index in [0.29, 0.717) is 23.0 Å². The Bertz CT molecular complexity index is 1190. The van der Waals surface area contributed by atoms with Crippen LogP contribution < -0.4 is 14.2 Å². The van der Waals surface area contributed by atoms with Crippen LogP contribution in [-0.4, -0.2) is 11.8 Å². The summed E-state index contributed by atoms with van der Waals surface area (Å²) in [6.45, 7) is 0. The van der Waals surface area contributed by atoms with Crippen LogP contribution in [0.4, 0.5) is 0 Å². The van der Waals surface area contributed by atoms with Gasteiger partial charge in [0, 0.05) is 0 Å². The summed E-state index contributed by atoms with van der Waals surface area (Å²) in [6.07, 6.45) is -0.436. The van der Waals surface area contributed by atoms with E-state index in [0.717, 1.165) is 0 Å². The number of ketones is 1. The van der Waals surface area contributed by atoms with Gasteiger partial charge in [-0.2, -0.15) is 0 Å². The molecule has 0 saturated carbocycles. The van der Waals surface area contributed by atoms with Gasteiger partial charge in [-0.05, 0) is 48.5 Å². The van der Waals surface area contributed by atoms with Crippen molar-refractivity contribution in [1.29, 1.82) is 0 Å². The van der Waals surface area contributed by atoms with Gasteiger partial charge in [0.15, 0.2) is 17.3 Å². The van der Waals surface area contributed by atoms with Gasteiger partial charge in [0.05, 0.1) is 5.56 Å². The molecule has 4 aromatic rings. The van der Waals surface area contributed by atoms with Crippen molar-refractivity contribution in [2.24, 2.45) is 0 Å². The van der Waals surface area contributed by atoms with Gasteiger partial charge in [-0.25, -0.2) is 0 Å². The number of esters is 1. The first-order valence-electron chi connectivity index (χ1n) is 10.1. The molecule has 5 heteroatoms. The van der Waals surface area contributed by atoms with Gasteiger partial charge in [-0.15, -0.1) is 0 Å². The average Bonchev–Trinajstić information content (AvgIpc) is 2.82. The smallest absolute Gasteiger partial charge is 0.319 e. The van der Waals surface area contributed by atoms with Crippen molar-refractivity contribution in [2.45, 2.75) is 6.42 Å². The number of benzene rings is 4. The fourth-order valence-electron chi connectivity index (χ4n) is 3.03. The number of hydrogen-bond acceptors (Lipinski definition) is 5. The Labute approximate surface area is 185 Å². The summed E-state index contributed by atoms with van der Waals surface area (Å²) in [6, 6.07) is 31.9. The monoisotopic (exact) mass is 424 g/mol. The zero-order valence-electron chi connectivity index (χ0n) is 17.1. The molecule has 0 heterocycles. The predicted molar refractivity (Wildman–Crippen MR) is 120 cm³/mol. The van der Waals surface area contributed by atoms with Crippen molar-refractivity contribution >= 4 is 11.8 Å². The van der Waals surface area contributed by atoms with Crippen LogP contribution in [0.15, 0.2) is 109 Å². The van der Waals surface area contributed by atoms with E-state index in [1.165, 1.54) is 0 Å². The van der Waals surface area contributed by atoms with E-state index < -0.39 is 18.2 Å². The average molecular weight is 424 g/mol. The van der Waals surface area contributed by atoms with Crippen molar-refractivity contribution in [3.63, 3.8) is 0 Å². The van der Waals surface area contributed by atoms with Gasteiger partial charge in [0.1, 0.15) is 23.7 Å². The van der Waals surface area contributed by atoms with Crippen LogP contribution in [0, 0.1) is 0 Å². The first kappa shape index (κ1) is 20.9. The van der Waals surface area contributed by atoms with E-state index in [-0.39, 0.29) is 11.3 Å². The molecule has 5 nitrogen and oxygen atoms in total. The summed E-state index contributed by atoms with van der Waals surface area (Å²) in [7, 11) is 0. The first-order chi connectivity index (χ1) is 15.7. The largest absolute Gasteiger partial charge is 0.453 e. The van der Waals surface area contributed by atoms with Gasteiger partial charge in [0.25, 0.3) is 0 Å². The van der Waals surface area contributed by atoms with E-state index in [2.05, 4.69) is 0 Å². The third kappa shape index (κ3) is 5.40. The molecule has 0 spiro atoms. The number of ether oxygens (including phenoxy) is 3. The molecule has 0 fully saturated rings. The first-order valence-corrected chi connectivity index (χ1v) is 10.1. The predicted octanol–water partition coefficient (Wildman–Crippen LogP) is 6.45. The second-order valence-electron chi connectivity index (χ2n) is 6.85. The molecule has 32 heavy (non-hydrogen) atoms. The highest BCUT2D eigenvalue weighted by molar-refractivity contribution is 6.08. The Morgan fingerprint density at radius 3 is 1.69 bits per heavy atom. The fourth-order valence-corrected chi connectivity index (χ4v) is 3.03. The van der Waals surface area contributed by atoms with E-state index in [4.69, 9.17) is 14.2 Å². The molecule has 0 aromatic heterocycles. The van der Waals surface area contributed by atoms with E-state index in [1.54, 1.807) is 66.7 Å². The lowest BCUT2D eigenvalue weighted by Gasteiger charge is -2.15. The van der Waals surface area contributed by atoms with Crippen molar-refractivity contribution in [2.75, 3.05) is 0 Å². The maximum absolute atomic E-state index is 13.0. The normalized spacial score (nSPS) is 10.2. The molecule has 0 radical (unpaired) electrons. The minimum Gasteiger partial charge on any atom is -0.453 e. The molecule has 4 rings (SSSR count). The van der Waals surface area contributed by atoms with Gasteiger partial charge >= 0.3 is 5.97 Å². The van der Waals surface area contributed by atoms with Crippen molar-refractivity contribution in [3.8, 4) is 28.7 Å². The third-order valence-electron chi connectivity index (χ3n) is 4.49. The van der Waals surface area contributed by atoms with Crippen molar-refractivity contribution in [1.82, 2.24) is 0 Å². The maximum atomic E-state index is 13.0. The summed E-state index contributed by atoms with van der Waals surface area (Å²) in [5, 5.41) is 0. The number of hydrogen-bond donors (Lipinski definition) is 0. The number of carbonyl (C=O) groups is 2. The van der Waals surface area contributed by atoms with Gasteiger partial charge in [0.2, 0.25) is 0 Å². The van der Waals surface area contributed by atoms with Gasteiger partial charge < -0.3 is 14.2 Å². The Kier molecular flexibility index (Phi) is 6.58. The van der Waals surface area contributed by atoms with Crippen LogP contribution in [0.1, 0.15) is 16.8 Å². The van der Waals surface area contributed by atoms with Crippen molar-refractivity contribution in [3.05, 3.63) is 115 Å². The lowest BCUT2D eigenvalue weighted by Crippen LogP contribution is -2.15. The van der Waals surface area contributed by atoms with E-state index in [1.807, 2.05) is 42.5 Å². The fraction of sp³-hybridized carbons (Fsp3) is 0.0370. The molecule has 0 saturated heterocycles. The standard InChI is InChI=1S/C27H20O5/c28-24(19-26(29)31-21-13-6-2-7-14-21)23-17-10-18-25(30-20-11-4-1-5-12-20)27(23)32-22-15-8-3-9-16-22/h1-18H,19H2. The molecule has 0 atom stereocenters. The molecule has 0 aliphatic rings. The summed E-state index contributed by atoms with van der Waals surface area (Å²) < 4.78 is 17.3. The van der Waals surface area contributed by atoms with Gasteiger partial charge in [-0.3, -0.25) is 9.59 Å². The van der Waals surface area contributed by atoms with Crippen LogP contribution in [-0.2, 0) is 4.79 Å². The Morgan fingerprint density at radius 1 is 0.562 bits per heavy atom. The van der Waals surface area contributed by atoms with Crippen LogP contribution in [0.25, 0.3) is 0 Å². The summed E-state index contributed by atoms with van der Waals surface area (Å²) in [5.41, 5.74) is 0.229. The second-order valence-corrected chi connectivity index (χ2v) is 6.85. The third-order valence-corrected chi connectivity index (χ3v) is 4.49. The highest BCUT2D eigenvalue weighted by Crippen LogP contribution is 2.38. The molecule has 0 aliphatic carbocycles. The number of rotatable bonds is 8. The lowest BCUT2D eigenvalue weighted by atomic mass is 10.1. The summed E-state index contributed by atoms with van der Waals surface area (Å²) in [5.74, 6) is 1.03. The van der Waals surface area contributed by atoms with Crippen LogP contribution in [0.2, 0.25) is 0 Å². The molecule has 0 N–H and O–H groups in total. The zero-order valence-corrected chi connectivity index (χ0v) is 17.1. The SMILES string of the molecule is O=C(CC(=O)c1cccc(Oc2ccccc2)c1Oc1ccccc1)Oc1ccccc1. The van der Waals surface area contributed by atoms with E-state index >= 15 is 0 Å². The molecule has 0 unspecified atom stereocenters. The zero-order chi connectivity index (χ0) is 22.2. The molecule has 0 bridgehead atoms. The minimum atomic E-state index is -0.652. The minimum absolute atomic E-state index is 0.229. The number of para-hydroxylation sites is 4. The highest BCUT2D eigenvalue weighted by atomic mass is 16.5. The highest BCUT2D eigenvalue weighted by Gasteiger charge is 2.22. The van der Waals surface area contributed by atoms with Crippen LogP contribution >= 0.6 is 0 Å². The lowest BCUT2D eigenvalue weighted by molar-refractivity contribution is -0.133. The van der Waals surface area contributed by atoms with Crippen molar-refractivity contribution < 1.29 is 23.8 Å². The molecule has 0 amide bonds. The molecule has 0 aliphatic heterocycles. The molecular weight excluding hydrogens is 404 g/mol. The maximum Gasteiger partial charge on any atom is 0.319 e. The number of Topliss-reactive ketones (excluding diaryl/α,β-unsaturated/α-hetero) is 1. The van der Waals surface area contributed by atoms with E-state index in [9.17, 15) is 9.59 Å². The second kappa shape index (κ2) is 10.1. The van der Waals surface area contributed by atoms with Gasteiger partial charge in [-0.1, -0.05) is 60.7 Å². The summed E-state index contributed by atoms with van der Waals surface area (Å²) >= 11 is 0. The number of carbonyl (C=O) groups excluding carboxylic acids is 2. The van der Waals surface area contributed by atoms with Crippen LogP contribution in [0.5, 0.6) is 28.7 Å². The topological polar surface area (TPSA) is 61.8 Å². The quantitative estimate of drug-likeness (QED) is 0.141. The molecule has 4 aromatic carbocycles. The Hall–Kier alpha value is -4.38. The Balaban J connectivity index is 1.61. The molecule has 158 valence electrons. The summed E-state index contributed by atoms with van der Waals surface area (Å²) in [4.78, 5) is 25.4. The van der Waals surface area contributed by atoms with Crippen LogP contribution in [0.3, 0.4) is 0 Å². The molecular formula is C27H20O5.